The van der Waals surface area contributed by atoms with Gasteiger partial charge in [0, 0.05) is 11.4 Å². The molecule has 21 heavy (non-hydrogen) atoms. The van der Waals surface area contributed by atoms with Crippen LogP contribution in [0.3, 0.4) is 0 Å². The van der Waals surface area contributed by atoms with Crippen molar-refractivity contribution in [3.8, 4) is 0 Å². The van der Waals surface area contributed by atoms with Gasteiger partial charge >= 0.3 is 0 Å². The Kier molecular flexibility index (Phi) is 10.3. The molecule has 0 unspecified atom stereocenters. The highest BCUT2D eigenvalue weighted by atomic mass is 14.9. The summed E-state index contributed by atoms with van der Waals surface area (Å²) < 4.78 is 0. The van der Waals surface area contributed by atoms with Gasteiger partial charge in [0.2, 0.25) is 0 Å². The van der Waals surface area contributed by atoms with Crippen LogP contribution in [0, 0.1) is 0 Å². The summed E-state index contributed by atoms with van der Waals surface area (Å²) in [6, 6.07) is 20.3. The maximum atomic E-state index is 3.56. The predicted octanol–water partition coefficient (Wildman–Crippen LogP) is 6.60. The minimum Gasteiger partial charge on any atom is -0.356 e. The van der Waals surface area contributed by atoms with Gasteiger partial charge in [-0.2, -0.15) is 0 Å². The van der Waals surface area contributed by atoms with Crippen molar-refractivity contribution in [2.75, 3.05) is 5.32 Å². The van der Waals surface area contributed by atoms with Gasteiger partial charge in [0.05, 0.1) is 0 Å². The van der Waals surface area contributed by atoms with Crippen molar-refractivity contribution in [3.63, 3.8) is 0 Å². The van der Waals surface area contributed by atoms with Crippen LogP contribution in [-0.2, 0) is 0 Å². The molecule has 0 amide bonds. The molecule has 0 radical (unpaired) electrons. The quantitative estimate of drug-likeness (QED) is 0.612. The van der Waals surface area contributed by atoms with E-state index < -0.39 is 0 Å². The Morgan fingerprint density at radius 2 is 0.857 bits per heavy atom. The van der Waals surface area contributed by atoms with Gasteiger partial charge in [0.25, 0.3) is 0 Å². The highest BCUT2D eigenvalue weighted by Crippen LogP contribution is 2.14. The van der Waals surface area contributed by atoms with Gasteiger partial charge in [-0.1, -0.05) is 47.5 Å². The van der Waals surface area contributed by atoms with Crippen LogP contribution in [0.25, 0.3) is 0 Å². The normalized spacial score (nSPS) is 8.38. The first kappa shape index (κ1) is 18.7. The average molecular weight is 281 g/mol. The number of anilines is 2. The van der Waals surface area contributed by atoms with Gasteiger partial charge in [-0.25, -0.2) is 0 Å². The second-order valence-corrected chi connectivity index (χ2v) is 5.27. The zero-order valence-corrected chi connectivity index (χ0v) is 13.7. The van der Waals surface area contributed by atoms with Crippen molar-refractivity contribution in [2.24, 2.45) is 0 Å². The largest absolute Gasteiger partial charge is 0.356 e. The van der Waals surface area contributed by atoms with Gasteiger partial charge in [0.1, 0.15) is 0 Å². The maximum absolute atomic E-state index is 3.56. The number of nitrogens with one attached hydrogen (secondary N) is 1. The Labute approximate surface area is 130 Å². The molecule has 1 nitrogen and oxygen atoms in total. The molecule has 1 N–H and O–H groups in total. The van der Waals surface area contributed by atoms with E-state index in [1.54, 1.807) is 0 Å². The summed E-state index contributed by atoms with van der Waals surface area (Å²) in [6.07, 6.45) is 0. The molecule has 0 saturated heterocycles. The number of rotatable bonds is 2. The lowest BCUT2D eigenvalue weighted by Gasteiger charge is -2.04. The average Bonchev–Trinajstić information content (AvgIpc) is 2.40. The van der Waals surface area contributed by atoms with Crippen LogP contribution in [-0.4, -0.2) is 0 Å². The van der Waals surface area contributed by atoms with E-state index in [1.165, 1.54) is 11.1 Å². The molecule has 1 heteroatoms. The van der Waals surface area contributed by atoms with Crippen LogP contribution in [0.1, 0.15) is 27.7 Å². The molecule has 0 aromatic heterocycles. The van der Waals surface area contributed by atoms with Crippen LogP contribution in [0.2, 0.25) is 0 Å². The van der Waals surface area contributed by atoms with E-state index >= 15 is 0 Å². The smallest absolute Gasteiger partial charge is 0.0384 e. The SMILES string of the molecule is C=C(C)C.C=C(C)C.c1ccc(Nc2ccccc2)cc1. The lowest BCUT2D eigenvalue weighted by atomic mass is 10.3. The molecule has 0 spiro atoms. The highest BCUT2D eigenvalue weighted by Gasteiger charge is 1.89. The van der Waals surface area contributed by atoms with E-state index in [1.807, 2.05) is 88.4 Å². The topological polar surface area (TPSA) is 12.0 Å². The van der Waals surface area contributed by atoms with E-state index in [2.05, 4.69) is 18.5 Å². The second-order valence-electron chi connectivity index (χ2n) is 5.27. The molecule has 0 bridgehead atoms. The summed E-state index contributed by atoms with van der Waals surface area (Å²) in [5.74, 6) is 0. The monoisotopic (exact) mass is 281 g/mol. The summed E-state index contributed by atoms with van der Waals surface area (Å²) in [7, 11) is 0. The summed E-state index contributed by atoms with van der Waals surface area (Å²) in [5, 5.41) is 3.30. The van der Waals surface area contributed by atoms with Gasteiger partial charge in [-0.3, -0.25) is 0 Å². The van der Waals surface area contributed by atoms with Crippen molar-refractivity contribution in [1.29, 1.82) is 0 Å². The number of benzene rings is 2. The Balaban J connectivity index is 0.000000421. The van der Waals surface area contributed by atoms with Crippen molar-refractivity contribution in [3.05, 3.63) is 85.0 Å². The second kappa shape index (κ2) is 11.5. The zero-order valence-electron chi connectivity index (χ0n) is 13.7. The molecule has 112 valence electrons. The summed E-state index contributed by atoms with van der Waals surface area (Å²) >= 11 is 0. The lowest BCUT2D eigenvalue weighted by molar-refractivity contribution is 1.42. The first-order chi connectivity index (χ1) is 9.91. The third-order valence-electron chi connectivity index (χ3n) is 1.84. The van der Waals surface area contributed by atoms with E-state index in [0.717, 1.165) is 11.4 Å². The van der Waals surface area contributed by atoms with E-state index in [0.29, 0.717) is 0 Å². The molecule has 0 heterocycles. The molecule has 0 aliphatic rings. The van der Waals surface area contributed by atoms with Crippen molar-refractivity contribution >= 4 is 11.4 Å². The van der Waals surface area contributed by atoms with Gasteiger partial charge in [-0.15, -0.1) is 13.2 Å². The Bertz CT molecular complexity index is 455. The van der Waals surface area contributed by atoms with Crippen LogP contribution in [0.4, 0.5) is 11.4 Å². The predicted molar refractivity (Wildman–Crippen MR) is 97.1 cm³/mol. The van der Waals surface area contributed by atoms with Crippen molar-refractivity contribution in [1.82, 2.24) is 0 Å². The number of allylic oxidation sites excluding steroid dienone is 2. The van der Waals surface area contributed by atoms with E-state index in [4.69, 9.17) is 0 Å². The molecule has 2 aromatic carbocycles. The van der Waals surface area contributed by atoms with E-state index in [9.17, 15) is 0 Å². The van der Waals surface area contributed by atoms with Gasteiger partial charge in [0.15, 0.2) is 0 Å². The number of para-hydroxylation sites is 2. The highest BCUT2D eigenvalue weighted by molar-refractivity contribution is 5.58. The molecule has 0 atom stereocenters. The third-order valence-corrected chi connectivity index (χ3v) is 1.84. The summed E-state index contributed by atoms with van der Waals surface area (Å²) in [4.78, 5) is 0. The molecule has 0 saturated carbocycles. The first-order valence-corrected chi connectivity index (χ1v) is 7.03. The van der Waals surface area contributed by atoms with Crippen molar-refractivity contribution < 1.29 is 0 Å². The van der Waals surface area contributed by atoms with Gasteiger partial charge < -0.3 is 5.32 Å². The molecule has 0 aliphatic carbocycles. The van der Waals surface area contributed by atoms with Crippen LogP contribution < -0.4 is 5.32 Å². The summed E-state index contributed by atoms with van der Waals surface area (Å²) in [6.45, 7) is 15.0. The lowest BCUT2D eigenvalue weighted by Crippen LogP contribution is -1.87. The fourth-order valence-electron chi connectivity index (χ4n) is 1.21. The minimum atomic E-state index is 1.12. The van der Waals surface area contributed by atoms with Crippen LogP contribution in [0.5, 0.6) is 0 Å². The van der Waals surface area contributed by atoms with Gasteiger partial charge in [-0.05, 0) is 52.0 Å². The number of hydrogen-bond acceptors (Lipinski definition) is 1. The summed E-state index contributed by atoms with van der Waals surface area (Å²) in [5.41, 5.74) is 4.57. The molecule has 2 aromatic rings. The zero-order chi connectivity index (χ0) is 16.1. The Morgan fingerprint density at radius 1 is 0.619 bits per heavy atom. The van der Waals surface area contributed by atoms with Crippen LogP contribution >= 0.6 is 0 Å². The van der Waals surface area contributed by atoms with Crippen LogP contribution in [0.15, 0.2) is 85.0 Å². The fourth-order valence-corrected chi connectivity index (χ4v) is 1.21. The van der Waals surface area contributed by atoms with Crippen molar-refractivity contribution in [2.45, 2.75) is 27.7 Å². The molecule has 0 aliphatic heterocycles. The molecule has 2 rings (SSSR count). The van der Waals surface area contributed by atoms with E-state index in [-0.39, 0.29) is 0 Å². The molecule has 0 fully saturated rings. The third kappa shape index (κ3) is 13.9. The standard InChI is InChI=1S/C12H11N.2C4H8/c1-3-7-11(8-4-1)13-12-9-5-2-6-10-12;2*1-4(2)3/h1-10,13H;2*1H2,2-3H3. The Hall–Kier alpha value is -2.28. The Morgan fingerprint density at radius 3 is 1.10 bits per heavy atom. The first-order valence-electron chi connectivity index (χ1n) is 7.03. The fraction of sp³-hybridized carbons (Fsp3) is 0.200. The minimum absolute atomic E-state index is 1.12. The molecular formula is C20H27N. The molecular weight excluding hydrogens is 254 g/mol. The number of hydrogen-bond donors (Lipinski definition) is 1. The maximum Gasteiger partial charge on any atom is 0.0384 e.